The lowest BCUT2D eigenvalue weighted by atomic mass is 10.1. The van der Waals surface area contributed by atoms with E-state index in [1.807, 2.05) is 0 Å². The summed E-state index contributed by atoms with van der Waals surface area (Å²) in [6.45, 7) is 10.8. The molecule has 0 atom stereocenters. The zero-order valence-corrected chi connectivity index (χ0v) is 14.0. The highest BCUT2D eigenvalue weighted by Gasteiger charge is 2.18. The van der Waals surface area contributed by atoms with Gasteiger partial charge in [-0.3, -0.25) is 4.90 Å². The zero-order valence-electron chi connectivity index (χ0n) is 14.0. The number of hydrogen-bond donors (Lipinski definition) is 1. The van der Waals surface area contributed by atoms with Crippen molar-refractivity contribution < 1.29 is 0 Å². The van der Waals surface area contributed by atoms with Crippen molar-refractivity contribution in [3.8, 4) is 0 Å². The van der Waals surface area contributed by atoms with Crippen LogP contribution in [0.15, 0.2) is 24.3 Å². The quantitative estimate of drug-likeness (QED) is 0.942. The number of likely N-dealkylation sites (N-methyl/N-ethyl adjacent to an activating group) is 1. The van der Waals surface area contributed by atoms with Gasteiger partial charge in [0.1, 0.15) is 0 Å². The number of nitrogens with two attached hydrogens (primary N) is 1. The fourth-order valence-corrected chi connectivity index (χ4v) is 3.42. The van der Waals surface area contributed by atoms with Gasteiger partial charge in [-0.1, -0.05) is 12.1 Å². The third-order valence-corrected chi connectivity index (χ3v) is 4.72. The van der Waals surface area contributed by atoms with E-state index in [0.29, 0.717) is 12.6 Å². The summed E-state index contributed by atoms with van der Waals surface area (Å²) in [6, 6.07) is 9.43. The fourth-order valence-electron chi connectivity index (χ4n) is 3.42. The molecule has 0 amide bonds. The van der Waals surface area contributed by atoms with Gasteiger partial charge in [-0.25, -0.2) is 0 Å². The first-order valence-electron chi connectivity index (χ1n) is 8.32. The van der Waals surface area contributed by atoms with Crippen LogP contribution in [0.5, 0.6) is 0 Å². The number of rotatable bonds is 4. The van der Waals surface area contributed by atoms with Gasteiger partial charge in [0.2, 0.25) is 0 Å². The molecular formula is C18H28N4. The molecular weight excluding hydrogens is 272 g/mol. The Morgan fingerprint density at radius 2 is 1.82 bits per heavy atom. The van der Waals surface area contributed by atoms with Gasteiger partial charge in [0.15, 0.2) is 0 Å². The van der Waals surface area contributed by atoms with Gasteiger partial charge in [0.05, 0.1) is 0 Å². The first kappa shape index (κ1) is 15.5. The Kier molecular flexibility index (Phi) is 4.52. The highest BCUT2D eigenvalue weighted by molar-refractivity contribution is 5.82. The van der Waals surface area contributed by atoms with Gasteiger partial charge in [-0.2, -0.15) is 0 Å². The van der Waals surface area contributed by atoms with Crippen LogP contribution in [-0.2, 0) is 13.1 Å². The number of benzene rings is 1. The molecule has 0 unspecified atom stereocenters. The van der Waals surface area contributed by atoms with Gasteiger partial charge < -0.3 is 15.2 Å². The maximum Gasteiger partial charge on any atom is 0.0488 e. The third-order valence-electron chi connectivity index (χ3n) is 4.72. The smallest absolute Gasteiger partial charge is 0.0488 e. The van der Waals surface area contributed by atoms with Crippen molar-refractivity contribution in [2.75, 3.05) is 33.2 Å². The van der Waals surface area contributed by atoms with E-state index >= 15 is 0 Å². The minimum absolute atomic E-state index is 0.466. The molecule has 1 aromatic carbocycles. The summed E-state index contributed by atoms with van der Waals surface area (Å²) >= 11 is 0. The van der Waals surface area contributed by atoms with Crippen LogP contribution in [0.25, 0.3) is 10.9 Å². The molecule has 0 aliphatic carbocycles. The van der Waals surface area contributed by atoms with E-state index < -0.39 is 0 Å². The van der Waals surface area contributed by atoms with Crippen molar-refractivity contribution in [2.45, 2.75) is 33.0 Å². The fraction of sp³-hybridized carbons (Fsp3) is 0.556. The second-order valence-corrected chi connectivity index (χ2v) is 6.78. The Balaban J connectivity index is 1.92. The van der Waals surface area contributed by atoms with E-state index in [2.05, 4.69) is 59.5 Å². The molecule has 2 aromatic rings. The number of fused-ring (bicyclic) bond motifs is 1. The van der Waals surface area contributed by atoms with E-state index in [-0.39, 0.29) is 0 Å². The van der Waals surface area contributed by atoms with Gasteiger partial charge in [-0.05, 0) is 44.0 Å². The first-order valence-corrected chi connectivity index (χ1v) is 8.32. The lowest BCUT2D eigenvalue weighted by Gasteiger charge is -2.32. The maximum absolute atomic E-state index is 5.81. The second kappa shape index (κ2) is 6.41. The van der Waals surface area contributed by atoms with Gasteiger partial charge in [0, 0.05) is 56.5 Å². The summed E-state index contributed by atoms with van der Waals surface area (Å²) in [4.78, 5) is 4.97. The molecule has 1 aliphatic rings. The number of piperazine rings is 1. The average molecular weight is 300 g/mol. The summed E-state index contributed by atoms with van der Waals surface area (Å²) in [5, 5.41) is 1.33. The zero-order chi connectivity index (χ0) is 15.7. The number of hydrogen-bond acceptors (Lipinski definition) is 3. The summed E-state index contributed by atoms with van der Waals surface area (Å²) in [7, 11) is 2.21. The van der Waals surface area contributed by atoms with Crippen LogP contribution >= 0.6 is 0 Å². The predicted molar refractivity (Wildman–Crippen MR) is 93.0 cm³/mol. The van der Waals surface area contributed by atoms with Crippen LogP contribution in [0.1, 0.15) is 31.1 Å². The Morgan fingerprint density at radius 1 is 1.09 bits per heavy atom. The van der Waals surface area contributed by atoms with Crippen molar-refractivity contribution in [1.82, 2.24) is 14.4 Å². The van der Waals surface area contributed by atoms with Crippen LogP contribution in [0.4, 0.5) is 0 Å². The van der Waals surface area contributed by atoms with Crippen molar-refractivity contribution >= 4 is 10.9 Å². The molecule has 1 saturated heterocycles. The third kappa shape index (κ3) is 3.05. The molecule has 120 valence electrons. The predicted octanol–water partition coefficient (Wildman–Crippen LogP) is 2.43. The van der Waals surface area contributed by atoms with Gasteiger partial charge >= 0.3 is 0 Å². The highest BCUT2D eigenvalue weighted by Crippen LogP contribution is 2.26. The number of nitrogens with zero attached hydrogens (tertiary/aromatic N) is 3. The van der Waals surface area contributed by atoms with E-state index in [4.69, 9.17) is 5.73 Å². The lowest BCUT2D eigenvalue weighted by Crippen LogP contribution is -2.44. The topological polar surface area (TPSA) is 37.4 Å². The molecule has 1 aromatic heterocycles. The Labute approximate surface area is 133 Å². The van der Waals surface area contributed by atoms with Crippen LogP contribution < -0.4 is 5.73 Å². The Bertz CT molecular complexity index is 636. The molecule has 2 N–H and O–H groups in total. The van der Waals surface area contributed by atoms with E-state index in [1.165, 1.54) is 35.2 Å². The van der Waals surface area contributed by atoms with E-state index in [0.717, 1.165) is 19.6 Å². The molecule has 22 heavy (non-hydrogen) atoms. The van der Waals surface area contributed by atoms with Crippen molar-refractivity contribution in [3.63, 3.8) is 0 Å². The van der Waals surface area contributed by atoms with Crippen LogP contribution in [-0.4, -0.2) is 47.6 Å². The summed E-state index contributed by atoms with van der Waals surface area (Å²) in [5.41, 5.74) is 9.76. The molecule has 1 fully saturated rings. The normalized spacial score (nSPS) is 17.7. The van der Waals surface area contributed by atoms with Crippen LogP contribution in [0, 0.1) is 0 Å². The van der Waals surface area contributed by atoms with Gasteiger partial charge in [-0.15, -0.1) is 0 Å². The summed E-state index contributed by atoms with van der Waals surface area (Å²) < 4.78 is 2.48. The summed E-state index contributed by atoms with van der Waals surface area (Å²) in [6.07, 6.45) is 0. The molecule has 0 bridgehead atoms. The Hall–Kier alpha value is -1.36. The SMILES string of the molecule is CC(C)n1c(CN2CCN(C)CC2)cc2ccc(CN)cc21. The minimum Gasteiger partial charge on any atom is -0.341 e. The molecule has 3 rings (SSSR count). The maximum atomic E-state index is 5.81. The van der Waals surface area contributed by atoms with E-state index in [1.54, 1.807) is 0 Å². The Morgan fingerprint density at radius 3 is 2.45 bits per heavy atom. The molecule has 0 saturated carbocycles. The molecule has 1 aliphatic heterocycles. The second-order valence-electron chi connectivity index (χ2n) is 6.78. The minimum atomic E-state index is 0.466. The van der Waals surface area contributed by atoms with Crippen LogP contribution in [0.3, 0.4) is 0 Å². The molecule has 2 heterocycles. The van der Waals surface area contributed by atoms with Crippen LogP contribution in [0.2, 0.25) is 0 Å². The van der Waals surface area contributed by atoms with Crippen molar-refractivity contribution in [2.24, 2.45) is 5.73 Å². The van der Waals surface area contributed by atoms with E-state index in [9.17, 15) is 0 Å². The summed E-state index contributed by atoms with van der Waals surface area (Å²) in [5.74, 6) is 0. The number of aromatic nitrogens is 1. The molecule has 0 spiro atoms. The van der Waals surface area contributed by atoms with Gasteiger partial charge in [0.25, 0.3) is 0 Å². The standard InChI is InChI=1S/C18H28N4/c1-14(2)22-17(13-21-8-6-20(3)7-9-21)11-16-5-4-15(12-19)10-18(16)22/h4-5,10-11,14H,6-9,12-13,19H2,1-3H3. The highest BCUT2D eigenvalue weighted by atomic mass is 15.3. The van der Waals surface area contributed by atoms with Crippen molar-refractivity contribution in [3.05, 3.63) is 35.5 Å². The molecule has 4 heteroatoms. The lowest BCUT2D eigenvalue weighted by molar-refractivity contribution is 0.145. The van der Waals surface area contributed by atoms with Crippen molar-refractivity contribution in [1.29, 1.82) is 0 Å². The average Bonchev–Trinajstić information content (AvgIpc) is 2.86. The largest absolute Gasteiger partial charge is 0.341 e. The first-order chi connectivity index (χ1) is 10.6. The molecule has 4 nitrogen and oxygen atoms in total. The monoisotopic (exact) mass is 300 g/mol. The molecule has 0 radical (unpaired) electrons.